The molecule has 0 saturated heterocycles. The number of carboxylic acid groups (broad SMARTS) is 2. The minimum absolute atomic E-state index is 0.0148. The lowest BCUT2D eigenvalue weighted by Gasteiger charge is -2.28. The van der Waals surface area contributed by atoms with Crippen molar-refractivity contribution in [3.05, 3.63) is 54.2 Å². The fourth-order valence-corrected chi connectivity index (χ4v) is 8.41. The Morgan fingerprint density at radius 1 is 0.523 bits per heavy atom. The number of benzene rings is 1. The van der Waals surface area contributed by atoms with Crippen molar-refractivity contribution in [1.29, 1.82) is 21.6 Å². The van der Waals surface area contributed by atoms with Gasteiger partial charge in [-0.2, -0.15) is 0 Å². The zero-order chi connectivity index (χ0) is 63.9. The largest absolute Gasteiger partial charge is 0.481 e. The molecule has 0 fully saturated rings. The average molecular weight is 1210 g/mol. The molecule has 0 spiro atoms. The van der Waals surface area contributed by atoms with E-state index in [9.17, 15) is 58.2 Å². The number of rotatable bonds is 39. The third-order valence-corrected chi connectivity index (χ3v) is 12.8. The first-order valence-corrected chi connectivity index (χ1v) is 27.2. The molecular formula is C50H80N24O12. The molecule has 0 bridgehead atoms. The number of aromatic amines is 2. The van der Waals surface area contributed by atoms with E-state index in [0.29, 0.717) is 16.5 Å². The molecule has 1 aromatic carbocycles. The van der Waals surface area contributed by atoms with Crippen molar-refractivity contribution >= 4 is 93.9 Å². The zero-order valence-corrected chi connectivity index (χ0v) is 47.3. The number of imidazole rings is 1. The maximum atomic E-state index is 14.9. The molecule has 36 heteroatoms. The summed E-state index contributed by atoms with van der Waals surface area (Å²) in [7, 11) is 0. The number of nitrogens with zero attached hydrogens (tertiary/aromatic N) is 1. The lowest BCUT2D eigenvalue weighted by Crippen LogP contribution is -2.60. The number of aliphatic carboxylic acids is 2. The lowest BCUT2D eigenvalue weighted by atomic mass is 10.0. The van der Waals surface area contributed by atoms with Gasteiger partial charge in [0.15, 0.2) is 23.8 Å². The number of H-pyrrole nitrogens is 2. The first kappa shape index (κ1) is 70.0. The predicted molar refractivity (Wildman–Crippen MR) is 311 cm³/mol. The molecule has 8 atom stereocenters. The molecule has 2 aromatic heterocycles. The van der Waals surface area contributed by atoms with Gasteiger partial charge < -0.3 is 113 Å². The summed E-state index contributed by atoms with van der Waals surface area (Å²) in [5.41, 5.74) is 28.5. The Morgan fingerprint density at radius 3 is 1.36 bits per heavy atom. The van der Waals surface area contributed by atoms with Crippen molar-refractivity contribution < 1.29 is 58.2 Å². The fraction of sp³-hybridized carbons (Fsp3) is 0.500. The number of para-hydroxylation sites is 1. The lowest BCUT2D eigenvalue weighted by molar-refractivity contribution is -0.142. The number of nitrogens with one attached hydrogen (secondary N) is 18. The van der Waals surface area contributed by atoms with Crippen LogP contribution in [0.2, 0.25) is 0 Å². The highest BCUT2D eigenvalue weighted by atomic mass is 16.4. The first-order valence-electron chi connectivity index (χ1n) is 27.2. The highest BCUT2D eigenvalue weighted by molar-refractivity contribution is 5.99. The number of hydrogen-bond donors (Lipinski definition) is 25. The SMILES string of the molecule is C[C@H](NC(=O)[C@H](CC(=O)O)NC(=O)CN)C(=O)N[C@@H](Cc1c[nH]cn1)C(=O)N[C@@H](Cc1c[nH]c2ccccc12)C(=O)N[C@@H](CCCNC(=N)N)C(=O)N[C@@H](CCCNC(=N)N)C(=O)N[C@@H](CCCNC(=N)N)C(=O)N[C@@H](CCCNC(=N)N)C(=O)O. The predicted octanol–water partition coefficient (Wildman–Crippen LogP) is -6.85. The molecule has 36 nitrogen and oxygen atoms in total. The summed E-state index contributed by atoms with van der Waals surface area (Å²) in [6, 6.07) is -5.10. The molecule has 86 heavy (non-hydrogen) atoms. The second-order valence-corrected chi connectivity index (χ2v) is 19.6. The van der Waals surface area contributed by atoms with Gasteiger partial charge in [0.05, 0.1) is 25.0 Å². The third-order valence-electron chi connectivity index (χ3n) is 12.8. The van der Waals surface area contributed by atoms with Gasteiger partial charge in [0, 0.05) is 62.3 Å². The molecule has 2 heterocycles. The summed E-state index contributed by atoms with van der Waals surface area (Å²) in [6.07, 6.45) is 2.72. The van der Waals surface area contributed by atoms with Gasteiger partial charge in [-0.15, -0.1) is 0 Å². The number of fused-ring (bicyclic) bond motifs is 1. The fourth-order valence-electron chi connectivity index (χ4n) is 8.41. The van der Waals surface area contributed by atoms with Crippen molar-refractivity contribution in [3.8, 4) is 0 Å². The van der Waals surface area contributed by atoms with Gasteiger partial charge in [-0.3, -0.25) is 64.8 Å². The van der Waals surface area contributed by atoms with E-state index in [2.05, 4.69) is 78.8 Å². The summed E-state index contributed by atoms with van der Waals surface area (Å²) in [4.78, 5) is 145. The van der Waals surface area contributed by atoms with Crippen LogP contribution in [0.25, 0.3) is 10.9 Å². The molecule has 0 radical (unpaired) electrons. The molecule has 0 aliphatic carbocycles. The number of carbonyl (C=O) groups excluding carboxylic acids is 8. The number of carboxylic acids is 2. The Hall–Kier alpha value is -10.3. The number of amides is 8. The normalized spacial score (nSPS) is 13.6. The van der Waals surface area contributed by atoms with E-state index < -0.39 is 132 Å². The molecule has 0 aliphatic heterocycles. The molecule has 0 unspecified atom stereocenters. The molecular weight excluding hydrogens is 1130 g/mol. The molecule has 472 valence electrons. The van der Waals surface area contributed by atoms with Crippen LogP contribution >= 0.6 is 0 Å². The van der Waals surface area contributed by atoms with E-state index in [1.54, 1.807) is 30.5 Å². The smallest absolute Gasteiger partial charge is 0.326 e. The van der Waals surface area contributed by atoms with Gasteiger partial charge in [-0.1, -0.05) is 18.2 Å². The zero-order valence-electron chi connectivity index (χ0n) is 47.3. The standard InChI is InChI=1S/C50H80N24O12/c1-25(67-43(82)36(20-38(76)77)68-37(75)21-51)39(78)73-35(19-27-23-60-24-66-27)45(84)74-34(18-26-22-65-29-9-3-2-8-28(26)29)44(83)71-31(11-5-15-62-48(54)55)41(80)69-30(10-4-14-61-47(52)53)40(79)70-32(12-6-16-63-49(56)57)42(81)72-33(46(85)86)13-7-17-64-50(58)59/h2-3,8-9,22-25,30-36,65H,4-7,10-21,51H2,1H3,(H,60,66)(H,67,82)(H,68,75)(H,69,80)(H,70,79)(H,71,83)(H,72,81)(H,73,78)(H,74,84)(H,76,77)(H,85,86)(H4,52,53,61)(H4,54,55,62)(H4,56,57,63)(H4,58,59,64)/t25-,30-,31-,32-,33-,34-,35-,36-/m0/s1. The van der Waals surface area contributed by atoms with Crippen LogP contribution in [0.1, 0.15) is 76.0 Å². The molecule has 0 saturated carbocycles. The number of aromatic nitrogens is 3. The van der Waals surface area contributed by atoms with E-state index in [4.69, 9.17) is 50.3 Å². The van der Waals surface area contributed by atoms with Crippen LogP contribution < -0.4 is 92.5 Å². The topological polar surface area (TPSA) is 625 Å². The monoisotopic (exact) mass is 1210 g/mol. The molecule has 3 rings (SSSR count). The Labute approximate surface area is 492 Å². The highest BCUT2D eigenvalue weighted by Gasteiger charge is 2.35. The minimum atomic E-state index is -1.64. The second kappa shape index (κ2) is 36.3. The number of guanidine groups is 4. The van der Waals surface area contributed by atoms with E-state index in [1.165, 1.54) is 19.4 Å². The van der Waals surface area contributed by atoms with Crippen LogP contribution in [0.15, 0.2) is 43.0 Å². The quantitative estimate of drug-likeness (QED) is 0.0143. The Kier molecular flexibility index (Phi) is 29.6. The minimum Gasteiger partial charge on any atom is -0.481 e. The molecule has 8 amide bonds. The maximum absolute atomic E-state index is 14.9. The first-order chi connectivity index (χ1) is 40.8. The summed E-state index contributed by atoms with van der Waals surface area (Å²) in [5, 5.41) is 80.5. The van der Waals surface area contributed by atoms with Gasteiger partial charge >= 0.3 is 11.9 Å². The summed E-state index contributed by atoms with van der Waals surface area (Å²) in [6.45, 7) is 0.861. The van der Waals surface area contributed by atoms with E-state index in [-0.39, 0.29) is 108 Å². The van der Waals surface area contributed by atoms with Gasteiger partial charge in [-0.05, 0) is 69.9 Å². The maximum Gasteiger partial charge on any atom is 0.326 e. The Morgan fingerprint density at radius 2 is 0.930 bits per heavy atom. The van der Waals surface area contributed by atoms with Gasteiger partial charge in [0.1, 0.15) is 48.3 Å². The Bertz CT molecular complexity index is 2850. The molecule has 3 aromatic rings. The number of hydrogen-bond acceptors (Lipinski definition) is 16. The highest BCUT2D eigenvalue weighted by Crippen LogP contribution is 2.20. The summed E-state index contributed by atoms with van der Waals surface area (Å²) in [5.74, 6) is -12.0. The van der Waals surface area contributed by atoms with Gasteiger partial charge in [0.25, 0.3) is 0 Å². The van der Waals surface area contributed by atoms with E-state index in [1.807, 2.05) is 0 Å². The van der Waals surface area contributed by atoms with Crippen LogP contribution in [0.3, 0.4) is 0 Å². The Balaban J connectivity index is 2.05. The van der Waals surface area contributed by atoms with Crippen molar-refractivity contribution in [2.24, 2.45) is 28.7 Å². The molecule has 30 N–H and O–H groups in total. The van der Waals surface area contributed by atoms with Crippen LogP contribution in [0.4, 0.5) is 0 Å². The van der Waals surface area contributed by atoms with Crippen molar-refractivity contribution in [3.63, 3.8) is 0 Å². The molecule has 0 aliphatic rings. The van der Waals surface area contributed by atoms with E-state index >= 15 is 0 Å². The van der Waals surface area contributed by atoms with Gasteiger partial charge in [0.2, 0.25) is 47.3 Å². The number of carbonyl (C=O) groups is 10. The third kappa shape index (κ3) is 25.9. The van der Waals surface area contributed by atoms with Crippen molar-refractivity contribution in [1.82, 2.24) is 78.8 Å². The van der Waals surface area contributed by atoms with Gasteiger partial charge in [-0.25, -0.2) is 9.78 Å². The summed E-state index contributed by atoms with van der Waals surface area (Å²) >= 11 is 0. The van der Waals surface area contributed by atoms with Crippen LogP contribution in [0, 0.1) is 21.6 Å². The van der Waals surface area contributed by atoms with Crippen molar-refractivity contribution in [2.45, 2.75) is 126 Å². The van der Waals surface area contributed by atoms with Crippen LogP contribution in [-0.4, -0.2) is 189 Å². The van der Waals surface area contributed by atoms with E-state index in [0.717, 1.165) is 0 Å². The summed E-state index contributed by atoms with van der Waals surface area (Å²) < 4.78 is 0. The number of nitrogens with two attached hydrogens (primary N) is 5. The second-order valence-electron chi connectivity index (χ2n) is 19.6. The average Bonchev–Trinajstić information content (AvgIpc) is 3.50. The van der Waals surface area contributed by atoms with Crippen molar-refractivity contribution in [2.75, 3.05) is 32.7 Å². The van der Waals surface area contributed by atoms with Crippen LogP contribution in [-0.2, 0) is 60.8 Å². The van der Waals surface area contributed by atoms with Crippen LogP contribution in [0.5, 0.6) is 0 Å².